The zero-order chi connectivity index (χ0) is 27.8. The van der Waals surface area contributed by atoms with Gasteiger partial charge in [-0.05, 0) is 102 Å². The van der Waals surface area contributed by atoms with Gasteiger partial charge in [0.05, 0.1) is 5.41 Å². The number of hydrogen-bond donors (Lipinski definition) is 0. The zero-order valence-electron chi connectivity index (χ0n) is 22.8. The van der Waals surface area contributed by atoms with E-state index in [-0.39, 0.29) is 5.41 Å². The SMILES string of the molecule is Brc1ccc(-c2cccc(-c3ccc4c(c3)-c3cccc5cccc(c35)C43c4ccccc4-c4ccccc43)c2)cc1. The van der Waals surface area contributed by atoms with E-state index >= 15 is 0 Å². The van der Waals surface area contributed by atoms with Gasteiger partial charge in [-0.1, -0.05) is 143 Å². The molecule has 0 amide bonds. The molecule has 0 saturated carbocycles. The topological polar surface area (TPSA) is 0 Å². The number of hydrogen-bond acceptors (Lipinski definition) is 0. The summed E-state index contributed by atoms with van der Waals surface area (Å²) in [6, 6.07) is 56.4. The summed E-state index contributed by atoms with van der Waals surface area (Å²) in [5.41, 5.74) is 15.3. The summed E-state index contributed by atoms with van der Waals surface area (Å²) in [5, 5.41) is 2.65. The molecular formula is C41H25Br. The highest BCUT2D eigenvalue weighted by Crippen LogP contribution is 2.61. The first-order chi connectivity index (χ1) is 20.7. The predicted molar refractivity (Wildman–Crippen MR) is 179 cm³/mol. The first-order valence-electron chi connectivity index (χ1n) is 14.5. The fourth-order valence-electron chi connectivity index (χ4n) is 7.63. The molecule has 0 radical (unpaired) electrons. The van der Waals surface area contributed by atoms with Gasteiger partial charge >= 0.3 is 0 Å². The van der Waals surface area contributed by atoms with Crippen molar-refractivity contribution in [3.63, 3.8) is 0 Å². The van der Waals surface area contributed by atoms with Crippen LogP contribution in [-0.4, -0.2) is 0 Å². The number of rotatable bonds is 2. The molecule has 0 atom stereocenters. The average Bonchev–Trinajstić information content (AvgIpc) is 3.35. The van der Waals surface area contributed by atoms with Crippen LogP contribution in [0.15, 0.2) is 156 Å². The lowest BCUT2D eigenvalue weighted by Gasteiger charge is -2.40. The van der Waals surface area contributed by atoms with Crippen molar-refractivity contribution in [2.75, 3.05) is 0 Å². The van der Waals surface area contributed by atoms with E-state index in [1.165, 1.54) is 77.5 Å². The van der Waals surface area contributed by atoms with Crippen molar-refractivity contribution in [3.05, 3.63) is 178 Å². The molecule has 0 heterocycles. The summed E-state index contributed by atoms with van der Waals surface area (Å²) >= 11 is 3.57. The third kappa shape index (κ3) is 3.17. The number of fused-ring (bicyclic) bond motifs is 9. The van der Waals surface area contributed by atoms with Crippen LogP contribution in [0, 0.1) is 0 Å². The second-order valence-corrected chi connectivity index (χ2v) is 12.3. The maximum atomic E-state index is 3.57. The molecule has 0 N–H and O–H groups in total. The first-order valence-corrected chi connectivity index (χ1v) is 15.3. The van der Waals surface area contributed by atoms with Gasteiger partial charge in [-0.3, -0.25) is 0 Å². The fraction of sp³-hybridized carbons (Fsp3) is 0.0244. The molecule has 0 bridgehead atoms. The minimum atomic E-state index is -0.367. The van der Waals surface area contributed by atoms with E-state index < -0.39 is 0 Å². The molecule has 7 aromatic rings. The quantitative estimate of drug-likeness (QED) is 0.186. The van der Waals surface area contributed by atoms with Gasteiger partial charge in [0, 0.05) is 4.47 Å². The van der Waals surface area contributed by atoms with E-state index in [4.69, 9.17) is 0 Å². The Kier molecular flexibility index (Phi) is 5.06. The Balaban J connectivity index is 1.35. The highest BCUT2D eigenvalue weighted by atomic mass is 79.9. The van der Waals surface area contributed by atoms with Crippen LogP contribution in [0.1, 0.15) is 22.3 Å². The summed E-state index contributed by atoms with van der Waals surface area (Å²) < 4.78 is 1.09. The van der Waals surface area contributed by atoms with Gasteiger partial charge in [-0.25, -0.2) is 0 Å². The van der Waals surface area contributed by atoms with E-state index in [1.807, 2.05) is 0 Å². The normalized spacial score (nSPS) is 13.5. The fourth-order valence-corrected chi connectivity index (χ4v) is 7.90. The van der Waals surface area contributed by atoms with Crippen LogP contribution in [0.25, 0.3) is 55.3 Å². The third-order valence-electron chi connectivity index (χ3n) is 9.35. The summed E-state index contributed by atoms with van der Waals surface area (Å²) in [5.74, 6) is 0. The zero-order valence-corrected chi connectivity index (χ0v) is 24.4. The minimum Gasteiger partial charge on any atom is -0.0619 e. The summed E-state index contributed by atoms with van der Waals surface area (Å²) in [4.78, 5) is 0. The van der Waals surface area contributed by atoms with Crippen LogP contribution in [-0.2, 0) is 5.41 Å². The van der Waals surface area contributed by atoms with E-state index in [2.05, 4.69) is 168 Å². The summed E-state index contributed by atoms with van der Waals surface area (Å²) in [6.07, 6.45) is 0. The van der Waals surface area contributed by atoms with Crippen LogP contribution in [0.4, 0.5) is 0 Å². The Morgan fingerprint density at radius 1 is 0.357 bits per heavy atom. The maximum absolute atomic E-state index is 3.57. The van der Waals surface area contributed by atoms with Crippen molar-refractivity contribution in [2.24, 2.45) is 0 Å². The van der Waals surface area contributed by atoms with Crippen molar-refractivity contribution < 1.29 is 0 Å². The van der Waals surface area contributed by atoms with Crippen LogP contribution in [0.2, 0.25) is 0 Å². The number of halogens is 1. The van der Waals surface area contributed by atoms with Crippen molar-refractivity contribution in [1.82, 2.24) is 0 Å². The molecule has 9 rings (SSSR count). The minimum absolute atomic E-state index is 0.367. The van der Waals surface area contributed by atoms with Gasteiger partial charge in [0.25, 0.3) is 0 Å². The largest absolute Gasteiger partial charge is 0.0725 e. The van der Waals surface area contributed by atoms with Gasteiger partial charge in [-0.2, -0.15) is 0 Å². The molecule has 7 aromatic carbocycles. The summed E-state index contributed by atoms with van der Waals surface area (Å²) in [7, 11) is 0. The molecule has 0 aliphatic heterocycles. The molecule has 0 unspecified atom stereocenters. The van der Waals surface area contributed by atoms with Crippen molar-refractivity contribution in [1.29, 1.82) is 0 Å². The van der Waals surface area contributed by atoms with Gasteiger partial charge in [0.15, 0.2) is 0 Å². The molecule has 2 aliphatic rings. The molecule has 196 valence electrons. The van der Waals surface area contributed by atoms with Crippen LogP contribution in [0.5, 0.6) is 0 Å². The number of benzene rings is 7. The molecule has 42 heavy (non-hydrogen) atoms. The summed E-state index contributed by atoms with van der Waals surface area (Å²) in [6.45, 7) is 0. The van der Waals surface area contributed by atoms with Crippen LogP contribution >= 0.6 is 15.9 Å². The Hall–Kier alpha value is -4.72. The molecule has 0 fully saturated rings. The maximum Gasteiger partial charge on any atom is 0.0725 e. The lowest BCUT2D eigenvalue weighted by atomic mass is 9.61. The van der Waals surface area contributed by atoms with E-state index in [0.29, 0.717) is 0 Å². The standard InChI is InChI=1S/C41H25Br/c42-31-21-18-26(19-22-31)28-10-5-11-29(24-28)30-20-23-38-35(25-30)34-14-6-8-27-9-7-17-39(40(27)34)41(38)36-15-3-1-12-32(36)33-13-2-4-16-37(33)41/h1-25H. The average molecular weight is 598 g/mol. The molecule has 1 spiro atoms. The molecule has 2 aliphatic carbocycles. The second-order valence-electron chi connectivity index (χ2n) is 11.4. The van der Waals surface area contributed by atoms with Gasteiger partial charge in [0.2, 0.25) is 0 Å². The predicted octanol–water partition coefficient (Wildman–Crippen LogP) is 11.3. The third-order valence-corrected chi connectivity index (χ3v) is 9.88. The molecule has 0 aromatic heterocycles. The lowest BCUT2D eigenvalue weighted by molar-refractivity contribution is 0.773. The molecule has 0 saturated heterocycles. The van der Waals surface area contributed by atoms with Crippen molar-refractivity contribution in [3.8, 4) is 44.5 Å². The van der Waals surface area contributed by atoms with Gasteiger partial charge in [0.1, 0.15) is 0 Å². The van der Waals surface area contributed by atoms with Crippen LogP contribution in [0.3, 0.4) is 0 Å². The highest BCUT2D eigenvalue weighted by Gasteiger charge is 2.49. The van der Waals surface area contributed by atoms with Gasteiger partial charge < -0.3 is 0 Å². The van der Waals surface area contributed by atoms with E-state index in [1.54, 1.807) is 0 Å². The monoisotopic (exact) mass is 596 g/mol. The molecule has 1 heteroatoms. The highest BCUT2D eigenvalue weighted by molar-refractivity contribution is 9.10. The van der Waals surface area contributed by atoms with Crippen LogP contribution < -0.4 is 0 Å². The van der Waals surface area contributed by atoms with E-state index in [9.17, 15) is 0 Å². The Morgan fingerprint density at radius 2 is 0.881 bits per heavy atom. The Bertz CT molecular complexity index is 2150. The smallest absolute Gasteiger partial charge is 0.0619 e. The van der Waals surface area contributed by atoms with Gasteiger partial charge in [-0.15, -0.1) is 0 Å². The molecular weight excluding hydrogens is 572 g/mol. The van der Waals surface area contributed by atoms with Crippen molar-refractivity contribution in [2.45, 2.75) is 5.41 Å². The Morgan fingerprint density at radius 3 is 1.62 bits per heavy atom. The van der Waals surface area contributed by atoms with E-state index in [0.717, 1.165) is 4.47 Å². The van der Waals surface area contributed by atoms with Crippen molar-refractivity contribution >= 4 is 26.7 Å². The second kappa shape index (κ2) is 8.89. The first kappa shape index (κ1) is 23.9. The Labute approximate surface area is 254 Å². The lowest BCUT2D eigenvalue weighted by Crippen LogP contribution is -2.31. The molecule has 0 nitrogen and oxygen atoms in total.